The monoisotopic (exact) mass is 361 g/mol. The summed E-state index contributed by atoms with van der Waals surface area (Å²) in [6.45, 7) is 9.97. The predicted molar refractivity (Wildman–Crippen MR) is 104 cm³/mol. The highest BCUT2D eigenvalue weighted by molar-refractivity contribution is 5.80. The zero-order valence-corrected chi connectivity index (χ0v) is 16.2. The van der Waals surface area contributed by atoms with E-state index in [9.17, 15) is 4.79 Å². The van der Waals surface area contributed by atoms with Crippen molar-refractivity contribution in [1.82, 2.24) is 10.2 Å². The normalized spacial score (nSPS) is 15.7. The van der Waals surface area contributed by atoms with Crippen molar-refractivity contribution < 1.29 is 14.3 Å². The van der Waals surface area contributed by atoms with Crippen LogP contribution in [-0.2, 0) is 9.53 Å². The quantitative estimate of drug-likeness (QED) is 0.350. The molecule has 0 saturated carbocycles. The van der Waals surface area contributed by atoms with Gasteiger partial charge in [-0.1, -0.05) is 18.2 Å². The summed E-state index contributed by atoms with van der Waals surface area (Å²) < 4.78 is 10.9. The van der Waals surface area contributed by atoms with Crippen molar-refractivity contribution in [2.24, 2.45) is 10.9 Å². The molecule has 0 atom stereocenters. The zero-order valence-electron chi connectivity index (χ0n) is 16.2. The average Bonchev–Trinajstić information content (AvgIpc) is 2.66. The fourth-order valence-corrected chi connectivity index (χ4v) is 3.04. The lowest BCUT2D eigenvalue weighted by molar-refractivity contribution is -0.149. The summed E-state index contributed by atoms with van der Waals surface area (Å²) in [7, 11) is 0. The van der Waals surface area contributed by atoms with Crippen molar-refractivity contribution in [3.05, 3.63) is 29.8 Å². The number of carbonyl (C=O) groups is 1. The van der Waals surface area contributed by atoms with E-state index in [1.54, 1.807) is 0 Å². The number of esters is 1. The predicted octanol–water partition coefficient (Wildman–Crippen LogP) is 2.61. The summed E-state index contributed by atoms with van der Waals surface area (Å²) in [6, 6.07) is 7.99. The van der Waals surface area contributed by atoms with Crippen LogP contribution in [0.15, 0.2) is 29.3 Å². The highest BCUT2D eigenvalue weighted by atomic mass is 16.5. The van der Waals surface area contributed by atoms with Crippen LogP contribution in [0.2, 0.25) is 0 Å². The molecule has 1 aliphatic rings. The summed E-state index contributed by atoms with van der Waals surface area (Å²) in [4.78, 5) is 18.8. The molecule has 0 unspecified atom stereocenters. The Morgan fingerprint density at radius 3 is 2.65 bits per heavy atom. The molecule has 1 fully saturated rings. The maximum absolute atomic E-state index is 11.9. The Labute approximate surface area is 156 Å². The summed E-state index contributed by atoms with van der Waals surface area (Å²) in [6.07, 6.45) is 1.62. The van der Waals surface area contributed by atoms with Crippen molar-refractivity contribution in [2.75, 3.05) is 39.4 Å². The van der Waals surface area contributed by atoms with Crippen molar-refractivity contribution in [1.29, 1.82) is 0 Å². The van der Waals surface area contributed by atoms with E-state index in [-0.39, 0.29) is 11.9 Å². The van der Waals surface area contributed by atoms with Crippen molar-refractivity contribution in [3.8, 4) is 5.75 Å². The SMILES string of the molecule is CCNC(=NCCOc1ccccc1C)N1CCC(C(=O)OCC)CC1. The standard InChI is InChI=1S/C20H31N3O3/c1-4-21-20(22-12-15-26-18-9-7-6-8-16(18)3)23-13-10-17(11-14-23)19(24)25-5-2/h6-9,17H,4-5,10-15H2,1-3H3,(H,21,22). The molecule has 1 aliphatic heterocycles. The number of ether oxygens (including phenoxy) is 2. The van der Waals surface area contributed by atoms with E-state index in [4.69, 9.17) is 9.47 Å². The van der Waals surface area contributed by atoms with Gasteiger partial charge in [-0.2, -0.15) is 0 Å². The maximum Gasteiger partial charge on any atom is 0.309 e. The maximum atomic E-state index is 11.9. The highest BCUT2D eigenvalue weighted by Gasteiger charge is 2.27. The van der Waals surface area contributed by atoms with Gasteiger partial charge in [-0.15, -0.1) is 0 Å². The second kappa shape index (κ2) is 10.7. The minimum Gasteiger partial charge on any atom is -0.491 e. The number of likely N-dealkylation sites (tertiary alicyclic amines) is 1. The summed E-state index contributed by atoms with van der Waals surface area (Å²) >= 11 is 0. The van der Waals surface area contributed by atoms with Crippen LogP contribution in [-0.4, -0.2) is 56.2 Å². The fraction of sp³-hybridized carbons (Fsp3) is 0.600. The Morgan fingerprint density at radius 1 is 1.27 bits per heavy atom. The molecule has 1 N–H and O–H groups in total. The van der Waals surface area contributed by atoms with Gasteiger partial charge in [0, 0.05) is 19.6 Å². The third-order valence-electron chi connectivity index (χ3n) is 4.45. The van der Waals surface area contributed by atoms with Gasteiger partial charge < -0.3 is 19.7 Å². The number of hydrogen-bond donors (Lipinski definition) is 1. The molecule has 1 heterocycles. The van der Waals surface area contributed by atoms with E-state index < -0.39 is 0 Å². The lowest BCUT2D eigenvalue weighted by Crippen LogP contribution is -2.46. The molecule has 0 bridgehead atoms. The first kappa shape index (κ1) is 20.1. The van der Waals surface area contributed by atoms with Gasteiger partial charge in [0.15, 0.2) is 5.96 Å². The van der Waals surface area contributed by atoms with Gasteiger partial charge in [-0.25, -0.2) is 4.99 Å². The summed E-state index contributed by atoms with van der Waals surface area (Å²) in [5.74, 6) is 1.74. The van der Waals surface area contributed by atoms with E-state index in [0.717, 1.165) is 49.7 Å². The average molecular weight is 361 g/mol. The van der Waals surface area contributed by atoms with Crippen molar-refractivity contribution in [3.63, 3.8) is 0 Å². The number of rotatable bonds is 7. The molecule has 0 amide bonds. The Morgan fingerprint density at radius 2 is 2.00 bits per heavy atom. The number of nitrogens with zero attached hydrogens (tertiary/aromatic N) is 2. The molecule has 6 nitrogen and oxygen atoms in total. The highest BCUT2D eigenvalue weighted by Crippen LogP contribution is 2.19. The molecule has 2 rings (SSSR count). The molecule has 6 heteroatoms. The van der Waals surface area contributed by atoms with Gasteiger partial charge in [0.25, 0.3) is 0 Å². The molecule has 26 heavy (non-hydrogen) atoms. The van der Waals surface area contributed by atoms with Crippen LogP contribution in [0.5, 0.6) is 5.75 Å². The number of guanidine groups is 1. The molecule has 1 aromatic carbocycles. The Balaban J connectivity index is 1.83. The van der Waals surface area contributed by atoms with Crippen LogP contribution in [0.4, 0.5) is 0 Å². The summed E-state index contributed by atoms with van der Waals surface area (Å²) in [5.41, 5.74) is 1.13. The fourth-order valence-electron chi connectivity index (χ4n) is 3.04. The van der Waals surface area contributed by atoms with Gasteiger partial charge >= 0.3 is 5.97 Å². The first-order valence-corrected chi connectivity index (χ1v) is 9.54. The third kappa shape index (κ3) is 5.93. The number of piperidine rings is 1. The van der Waals surface area contributed by atoms with Gasteiger partial charge in [0.2, 0.25) is 0 Å². The first-order chi connectivity index (χ1) is 12.7. The minimum atomic E-state index is -0.0688. The van der Waals surface area contributed by atoms with Crippen LogP contribution in [0.25, 0.3) is 0 Å². The number of hydrogen-bond acceptors (Lipinski definition) is 4. The molecule has 1 saturated heterocycles. The molecule has 0 spiro atoms. The molecular weight excluding hydrogens is 330 g/mol. The molecule has 0 aliphatic carbocycles. The van der Waals surface area contributed by atoms with Crippen LogP contribution in [0, 0.1) is 12.8 Å². The number of para-hydroxylation sites is 1. The second-order valence-corrected chi connectivity index (χ2v) is 6.36. The van der Waals surface area contributed by atoms with Crippen LogP contribution in [0.3, 0.4) is 0 Å². The lowest BCUT2D eigenvalue weighted by Gasteiger charge is -2.33. The van der Waals surface area contributed by atoms with E-state index in [1.807, 2.05) is 38.1 Å². The van der Waals surface area contributed by atoms with Gasteiger partial charge in [0.1, 0.15) is 12.4 Å². The molecule has 0 aromatic heterocycles. The van der Waals surface area contributed by atoms with E-state index in [1.165, 1.54) is 0 Å². The Kier molecular flexibility index (Phi) is 8.25. The van der Waals surface area contributed by atoms with Crippen molar-refractivity contribution >= 4 is 11.9 Å². The van der Waals surface area contributed by atoms with Crippen LogP contribution < -0.4 is 10.1 Å². The van der Waals surface area contributed by atoms with Crippen LogP contribution >= 0.6 is 0 Å². The lowest BCUT2D eigenvalue weighted by atomic mass is 9.97. The number of benzene rings is 1. The molecular formula is C20H31N3O3. The van der Waals surface area contributed by atoms with E-state index >= 15 is 0 Å². The smallest absolute Gasteiger partial charge is 0.309 e. The Bertz CT molecular complexity index is 596. The minimum absolute atomic E-state index is 0.0125. The van der Waals surface area contributed by atoms with E-state index in [2.05, 4.69) is 22.1 Å². The summed E-state index contributed by atoms with van der Waals surface area (Å²) in [5, 5.41) is 3.34. The number of aliphatic imine (C=N–C) groups is 1. The van der Waals surface area contributed by atoms with Crippen LogP contribution in [0.1, 0.15) is 32.3 Å². The molecule has 1 aromatic rings. The number of aryl methyl sites for hydroxylation is 1. The second-order valence-electron chi connectivity index (χ2n) is 6.36. The molecule has 0 radical (unpaired) electrons. The van der Waals surface area contributed by atoms with E-state index in [0.29, 0.717) is 19.8 Å². The zero-order chi connectivity index (χ0) is 18.8. The van der Waals surface area contributed by atoms with Gasteiger partial charge in [0.05, 0.1) is 19.1 Å². The largest absolute Gasteiger partial charge is 0.491 e. The topological polar surface area (TPSA) is 63.2 Å². The third-order valence-corrected chi connectivity index (χ3v) is 4.45. The Hall–Kier alpha value is -2.24. The van der Waals surface area contributed by atoms with Gasteiger partial charge in [-0.3, -0.25) is 4.79 Å². The first-order valence-electron chi connectivity index (χ1n) is 9.54. The van der Waals surface area contributed by atoms with Gasteiger partial charge in [-0.05, 0) is 45.2 Å². The number of carbonyl (C=O) groups excluding carboxylic acids is 1. The molecule has 144 valence electrons. The van der Waals surface area contributed by atoms with Crippen molar-refractivity contribution in [2.45, 2.75) is 33.6 Å². The number of nitrogens with one attached hydrogen (secondary N) is 1.